The van der Waals surface area contributed by atoms with E-state index in [0.29, 0.717) is 6.42 Å². The van der Waals surface area contributed by atoms with Crippen molar-refractivity contribution in [2.45, 2.75) is 12.3 Å². The molecule has 0 unspecified atom stereocenters. The van der Waals surface area contributed by atoms with Crippen molar-refractivity contribution < 1.29 is 4.79 Å². The van der Waals surface area contributed by atoms with E-state index in [1.54, 1.807) is 28.7 Å². The van der Waals surface area contributed by atoms with Crippen LogP contribution in [0.1, 0.15) is 27.7 Å². The lowest BCUT2D eigenvalue weighted by Crippen LogP contribution is -2.01. The smallest absolute Gasteiger partial charge is 0.156 e. The lowest BCUT2D eigenvalue weighted by molar-refractivity contribution is -0.114. The van der Waals surface area contributed by atoms with Crippen molar-refractivity contribution in [1.82, 2.24) is 0 Å². The number of rotatable bonds is 7. The molecule has 0 saturated carbocycles. The van der Waals surface area contributed by atoms with Gasteiger partial charge >= 0.3 is 0 Å². The molecule has 0 amide bonds. The van der Waals surface area contributed by atoms with Gasteiger partial charge in [0, 0.05) is 22.1 Å². The Morgan fingerprint density at radius 2 is 1.71 bits per heavy atom. The van der Waals surface area contributed by atoms with Crippen molar-refractivity contribution in [3.63, 3.8) is 0 Å². The maximum atomic E-state index is 12.3. The van der Waals surface area contributed by atoms with Crippen LogP contribution in [0.5, 0.6) is 0 Å². The van der Waals surface area contributed by atoms with E-state index in [-0.39, 0.29) is 11.7 Å². The molecular weight excluding hydrogens is 332 g/mol. The van der Waals surface area contributed by atoms with Gasteiger partial charge in [-0.25, -0.2) is 0 Å². The second-order valence-corrected chi connectivity index (χ2v) is 7.37. The molecule has 24 heavy (non-hydrogen) atoms. The maximum Gasteiger partial charge on any atom is 0.156 e. The Hall–Kier alpha value is -2.23. The molecule has 3 aromatic rings. The molecule has 0 spiro atoms. The first-order valence-electron chi connectivity index (χ1n) is 7.82. The van der Waals surface area contributed by atoms with E-state index in [2.05, 4.69) is 35.7 Å². The zero-order valence-electron chi connectivity index (χ0n) is 13.2. The highest BCUT2D eigenvalue weighted by Gasteiger charge is 2.12. The highest BCUT2D eigenvalue weighted by atomic mass is 32.1. The fraction of sp³-hybridized carbons (Fsp3) is 0.0952. The van der Waals surface area contributed by atoms with Gasteiger partial charge in [-0.1, -0.05) is 54.6 Å². The highest BCUT2D eigenvalue weighted by molar-refractivity contribution is 7.10. The van der Waals surface area contributed by atoms with Crippen molar-refractivity contribution >= 4 is 40.6 Å². The molecule has 3 heteroatoms. The van der Waals surface area contributed by atoms with Gasteiger partial charge in [0.2, 0.25) is 0 Å². The highest BCUT2D eigenvalue weighted by Crippen LogP contribution is 2.27. The van der Waals surface area contributed by atoms with Crippen LogP contribution in [0, 0.1) is 0 Å². The third-order valence-electron chi connectivity index (χ3n) is 3.63. The average molecular weight is 351 g/mol. The number of thiophene rings is 2. The molecule has 0 bridgehead atoms. The number of carbonyl (C=O) groups excluding carboxylic acids is 1. The molecule has 1 atom stereocenters. The molecule has 0 aliphatic heterocycles. The summed E-state index contributed by atoms with van der Waals surface area (Å²) in [7, 11) is 0. The van der Waals surface area contributed by atoms with Gasteiger partial charge in [0.05, 0.1) is 0 Å². The number of hydrogen-bond donors (Lipinski definition) is 0. The fourth-order valence-corrected chi connectivity index (χ4v) is 3.83. The second kappa shape index (κ2) is 8.57. The van der Waals surface area contributed by atoms with E-state index < -0.39 is 0 Å². The molecular formula is C21H18OS2. The molecule has 0 aliphatic rings. The first kappa shape index (κ1) is 16.6. The summed E-state index contributed by atoms with van der Waals surface area (Å²) in [4.78, 5) is 14.7. The lowest BCUT2D eigenvalue weighted by Gasteiger charge is -2.08. The number of hydrogen-bond acceptors (Lipinski definition) is 3. The predicted molar refractivity (Wildman–Crippen MR) is 106 cm³/mol. The van der Waals surface area contributed by atoms with Crippen molar-refractivity contribution in [2.24, 2.45) is 0 Å². The van der Waals surface area contributed by atoms with Crippen LogP contribution in [0.25, 0.3) is 12.2 Å². The van der Waals surface area contributed by atoms with E-state index in [1.165, 1.54) is 4.88 Å². The third kappa shape index (κ3) is 4.88. The standard InChI is InChI=1S/C21H18OS2/c22-19(12-13-20-8-4-14-23-20)16-18(21-9-5-15-24-21)11-10-17-6-2-1-3-7-17/h1-15,18H,16H2/b11-10+,13-12+/t18-/m0/s1. The van der Waals surface area contributed by atoms with E-state index in [4.69, 9.17) is 0 Å². The minimum Gasteiger partial charge on any atom is -0.295 e. The van der Waals surface area contributed by atoms with Crippen LogP contribution in [-0.2, 0) is 4.79 Å². The number of benzene rings is 1. The molecule has 120 valence electrons. The molecule has 2 heterocycles. The quantitative estimate of drug-likeness (QED) is 0.458. The first-order chi connectivity index (χ1) is 11.8. The van der Waals surface area contributed by atoms with Gasteiger partial charge in [-0.15, -0.1) is 22.7 Å². The van der Waals surface area contributed by atoms with Crippen LogP contribution in [0.15, 0.2) is 77.5 Å². The minimum absolute atomic E-state index is 0.116. The van der Waals surface area contributed by atoms with Crippen LogP contribution >= 0.6 is 22.7 Å². The molecule has 0 saturated heterocycles. The summed E-state index contributed by atoms with van der Waals surface area (Å²) in [5.74, 6) is 0.269. The van der Waals surface area contributed by atoms with Gasteiger partial charge in [-0.2, -0.15) is 0 Å². The van der Waals surface area contributed by atoms with Crippen LogP contribution in [-0.4, -0.2) is 5.78 Å². The van der Waals surface area contributed by atoms with E-state index in [9.17, 15) is 4.79 Å². The average Bonchev–Trinajstić information content (AvgIpc) is 3.31. The molecule has 1 nitrogen and oxygen atoms in total. The summed E-state index contributed by atoms with van der Waals surface area (Å²) in [6, 6.07) is 18.3. The molecule has 3 rings (SSSR count). The number of ketones is 1. The Labute approximate surface area is 150 Å². The normalized spacial score (nSPS) is 12.8. The van der Waals surface area contributed by atoms with Gasteiger partial charge in [-0.3, -0.25) is 4.79 Å². The maximum absolute atomic E-state index is 12.3. The molecule has 0 radical (unpaired) electrons. The minimum atomic E-state index is 0.116. The van der Waals surface area contributed by atoms with Crippen LogP contribution in [0.3, 0.4) is 0 Å². The topological polar surface area (TPSA) is 17.1 Å². The molecule has 0 N–H and O–H groups in total. The molecule has 1 aromatic carbocycles. The van der Waals surface area contributed by atoms with Crippen LogP contribution in [0.2, 0.25) is 0 Å². The summed E-state index contributed by atoms with van der Waals surface area (Å²) in [6.45, 7) is 0. The van der Waals surface area contributed by atoms with Gasteiger partial charge in [0.1, 0.15) is 0 Å². The van der Waals surface area contributed by atoms with Crippen molar-refractivity contribution in [3.05, 3.63) is 92.8 Å². The van der Waals surface area contributed by atoms with Crippen LogP contribution in [0.4, 0.5) is 0 Å². The summed E-state index contributed by atoms with van der Waals surface area (Å²) in [5.41, 5.74) is 1.15. The summed E-state index contributed by atoms with van der Waals surface area (Å²) < 4.78 is 0. The Morgan fingerprint density at radius 1 is 0.917 bits per heavy atom. The monoisotopic (exact) mass is 350 g/mol. The lowest BCUT2D eigenvalue weighted by atomic mass is 9.98. The first-order valence-corrected chi connectivity index (χ1v) is 9.58. The van der Waals surface area contributed by atoms with Crippen molar-refractivity contribution in [1.29, 1.82) is 0 Å². The molecule has 0 aliphatic carbocycles. The SMILES string of the molecule is O=C(/C=C/c1cccs1)C[C@H](/C=C/c1ccccc1)c1cccs1. The third-order valence-corrected chi connectivity index (χ3v) is 5.47. The summed E-state index contributed by atoms with van der Waals surface area (Å²) >= 11 is 3.34. The zero-order valence-corrected chi connectivity index (χ0v) is 14.8. The Balaban J connectivity index is 1.71. The molecule has 0 fully saturated rings. The predicted octanol–water partition coefficient (Wildman–Crippen LogP) is 6.28. The Bertz CT molecular complexity index is 797. The van der Waals surface area contributed by atoms with Gasteiger partial charge in [-0.05, 0) is 40.6 Å². The Morgan fingerprint density at radius 3 is 2.42 bits per heavy atom. The summed E-state index contributed by atoms with van der Waals surface area (Å²) in [6.07, 6.45) is 8.33. The second-order valence-electron chi connectivity index (χ2n) is 5.41. The van der Waals surface area contributed by atoms with Crippen molar-refractivity contribution in [2.75, 3.05) is 0 Å². The van der Waals surface area contributed by atoms with Crippen molar-refractivity contribution in [3.8, 4) is 0 Å². The van der Waals surface area contributed by atoms with Gasteiger partial charge in [0.25, 0.3) is 0 Å². The molecule has 2 aromatic heterocycles. The van der Waals surface area contributed by atoms with E-state index in [1.807, 2.05) is 47.9 Å². The van der Waals surface area contributed by atoms with Gasteiger partial charge < -0.3 is 0 Å². The fourth-order valence-electron chi connectivity index (χ4n) is 2.40. The largest absolute Gasteiger partial charge is 0.295 e. The van der Waals surface area contributed by atoms with E-state index in [0.717, 1.165) is 10.4 Å². The number of allylic oxidation sites excluding steroid dienone is 2. The van der Waals surface area contributed by atoms with Gasteiger partial charge in [0.15, 0.2) is 5.78 Å². The zero-order chi connectivity index (χ0) is 16.6. The Kier molecular flexibility index (Phi) is 5.94. The van der Waals surface area contributed by atoms with Crippen LogP contribution < -0.4 is 0 Å². The number of carbonyl (C=O) groups is 1. The van der Waals surface area contributed by atoms with E-state index >= 15 is 0 Å². The summed E-state index contributed by atoms with van der Waals surface area (Å²) in [5, 5.41) is 4.08.